The van der Waals surface area contributed by atoms with Crippen molar-refractivity contribution >= 4 is 23.2 Å². The van der Waals surface area contributed by atoms with Crippen LogP contribution in [-0.2, 0) is 0 Å². The van der Waals surface area contributed by atoms with E-state index in [-0.39, 0.29) is 0 Å². The number of hydrogen-bond acceptors (Lipinski definition) is 0. The highest BCUT2D eigenvalue weighted by Gasteiger charge is 2.21. The molecule has 0 aromatic rings. The van der Waals surface area contributed by atoms with E-state index >= 15 is 0 Å². The second-order valence-electron chi connectivity index (χ2n) is 5.43. The molecule has 0 N–H and O–H groups in total. The molecule has 0 nitrogen and oxygen atoms in total. The third-order valence-electron chi connectivity index (χ3n) is 4.31. The third-order valence-corrected chi connectivity index (χ3v) is 5.03. The fourth-order valence-electron chi connectivity index (χ4n) is 2.76. The van der Waals surface area contributed by atoms with E-state index in [1.54, 1.807) is 0 Å². The van der Waals surface area contributed by atoms with E-state index in [1.807, 2.05) is 0 Å². The second kappa shape index (κ2) is 5.27. The zero-order valence-electron chi connectivity index (χ0n) is 11.6. The molecule has 0 bridgehead atoms. The molecular weight excluding hydrogens is 263 g/mol. The Balaban J connectivity index is 2.11. The van der Waals surface area contributed by atoms with Crippen molar-refractivity contribution < 1.29 is 0 Å². The number of rotatable bonds is 3. The minimum Gasteiger partial charge on any atom is -0.0885 e. The van der Waals surface area contributed by atoms with Gasteiger partial charge in [0.05, 0.1) is 0 Å². The Bertz CT molecular complexity index is 465. The maximum absolute atomic E-state index is 6.33. The van der Waals surface area contributed by atoms with Gasteiger partial charge in [-0.1, -0.05) is 34.3 Å². The first-order valence-corrected chi connectivity index (χ1v) is 7.26. The molecular formula is C16H20Cl2. The molecule has 0 aromatic heterocycles. The Kier molecular flexibility index (Phi) is 4.08. The molecule has 0 spiro atoms. The van der Waals surface area contributed by atoms with Crippen molar-refractivity contribution in [3.05, 3.63) is 43.5 Å². The highest BCUT2D eigenvalue weighted by atomic mass is 35.5. The van der Waals surface area contributed by atoms with E-state index in [0.29, 0.717) is 0 Å². The van der Waals surface area contributed by atoms with Crippen molar-refractivity contribution in [2.45, 2.75) is 53.4 Å². The van der Waals surface area contributed by atoms with Gasteiger partial charge in [-0.15, -0.1) is 0 Å². The van der Waals surface area contributed by atoms with E-state index in [9.17, 15) is 0 Å². The quantitative estimate of drug-likeness (QED) is 0.575. The lowest BCUT2D eigenvalue weighted by Crippen LogP contribution is -1.90. The van der Waals surface area contributed by atoms with Crippen molar-refractivity contribution in [2.24, 2.45) is 0 Å². The third kappa shape index (κ3) is 2.46. The summed E-state index contributed by atoms with van der Waals surface area (Å²) in [4.78, 5) is 0. The van der Waals surface area contributed by atoms with Crippen LogP contribution in [0.4, 0.5) is 0 Å². The summed E-state index contributed by atoms with van der Waals surface area (Å²) in [7, 11) is 0. The molecule has 0 unspecified atom stereocenters. The summed E-state index contributed by atoms with van der Waals surface area (Å²) in [5.41, 5.74) is 8.25. The van der Waals surface area contributed by atoms with E-state index in [1.165, 1.54) is 33.4 Å². The summed E-state index contributed by atoms with van der Waals surface area (Å²) in [6, 6.07) is 0. The average molecular weight is 283 g/mol. The van der Waals surface area contributed by atoms with Gasteiger partial charge in [0, 0.05) is 22.9 Å². The molecule has 0 heterocycles. The van der Waals surface area contributed by atoms with E-state index in [2.05, 4.69) is 27.7 Å². The molecule has 0 aliphatic heterocycles. The summed E-state index contributed by atoms with van der Waals surface area (Å²) in [6.45, 7) is 8.70. The normalized spacial score (nSPS) is 21.0. The van der Waals surface area contributed by atoms with Crippen LogP contribution >= 0.6 is 23.2 Å². The van der Waals surface area contributed by atoms with Crippen molar-refractivity contribution in [3.8, 4) is 0 Å². The molecule has 18 heavy (non-hydrogen) atoms. The fourth-order valence-corrected chi connectivity index (χ4v) is 3.64. The molecule has 0 amide bonds. The van der Waals surface area contributed by atoms with Gasteiger partial charge < -0.3 is 0 Å². The van der Waals surface area contributed by atoms with Crippen LogP contribution in [0.25, 0.3) is 0 Å². The van der Waals surface area contributed by atoms with Gasteiger partial charge in [0.2, 0.25) is 0 Å². The van der Waals surface area contributed by atoms with Gasteiger partial charge in [0.15, 0.2) is 0 Å². The molecule has 0 aromatic carbocycles. The minimum absolute atomic E-state index is 0.934. The maximum atomic E-state index is 6.33. The van der Waals surface area contributed by atoms with E-state index in [4.69, 9.17) is 23.2 Å². The summed E-state index contributed by atoms with van der Waals surface area (Å²) in [5, 5.41) is 2.05. The lowest BCUT2D eigenvalue weighted by Gasteiger charge is -2.09. The maximum Gasteiger partial charge on any atom is 0.0256 e. The first-order valence-electron chi connectivity index (χ1n) is 6.50. The van der Waals surface area contributed by atoms with E-state index in [0.717, 1.165) is 35.7 Å². The molecule has 0 saturated carbocycles. The average Bonchev–Trinajstić information content (AvgIpc) is 2.67. The van der Waals surface area contributed by atoms with Crippen LogP contribution in [0.15, 0.2) is 43.5 Å². The van der Waals surface area contributed by atoms with Crippen LogP contribution in [0, 0.1) is 0 Å². The fraction of sp³-hybridized carbons (Fsp3) is 0.500. The van der Waals surface area contributed by atoms with Gasteiger partial charge in [0.25, 0.3) is 0 Å². The van der Waals surface area contributed by atoms with Crippen molar-refractivity contribution in [1.29, 1.82) is 0 Å². The first kappa shape index (κ1) is 14.0. The Morgan fingerprint density at radius 2 is 1.06 bits per heavy atom. The van der Waals surface area contributed by atoms with Crippen LogP contribution in [0.1, 0.15) is 53.4 Å². The molecule has 2 rings (SSSR count). The van der Waals surface area contributed by atoms with Crippen LogP contribution in [-0.4, -0.2) is 0 Å². The SMILES string of the molecule is CC1=C(C)C(CCC2=C(Cl)CC(C)=C2C)=C(Cl)C1. The summed E-state index contributed by atoms with van der Waals surface area (Å²) < 4.78 is 0. The predicted molar refractivity (Wildman–Crippen MR) is 81.0 cm³/mol. The molecule has 2 heteroatoms. The molecule has 0 radical (unpaired) electrons. The monoisotopic (exact) mass is 282 g/mol. The number of allylic oxidation sites excluding steroid dienone is 8. The molecule has 2 aliphatic carbocycles. The molecule has 98 valence electrons. The highest BCUT2D eigenvalue weighted by Crippen LogP contribution is 2.41. The number of halogens is 2. The van der Waals surface area contributed by atoms with Gasteiger partial charge in [0.1, 0.15) is 0 Å². The smallest absolute Gasteiger partial charge is 0.0256 e. The zero-order chi connectivity index (χ0) is 13.4. The van der Waals surface area contributed by atoms with Crippen LogP contribution in [0.5, 0.6) is 0 Å². The van der Waals surface area contributed by atoms with Crippen LogP contribution < -0.4 is 0 Å². The van der Waals surface area contributed by atoms with Gasteiger partial charge in [-0.2, -0.15) is 0 Å². The van der Waals surface area contributed by atoms with Gasteiger partial charge in [-0.25, -0.2) is 0 Å². The van der Waals surface area contributed by atoms with Gasteiger partial charge in [-0.05, 0) is 62.8 Å². The second-order valence-corrected chi connectivity index (χ2v) is 6.34. The van der Waals surface area contributed by atoms with Crippen molar-refractivity contribution in [3.63, 3.8) is 0 Å². The zero-order valence-corrected chi connectivity index (χ0v) is 13.1. The highest BCUT2D eigenvalue weighted by molar-refractivity contribution is 6.31. The number of hydrogen-bond donors (Lipinski definition) is 0. The molecule has 0 atom stereocenters. The van der Waals surface area contributed by atoms with Gasteiger partial charge >= 0.3 is 0 Å². The van der Waals surface area contributed by atoms with Gasteiger partial charge in [-0.3, -0.25) is 0 Å². The van der Waals surface area contributed by atoms with Crippen LogP contribution in [0.2, 0.25) is 0 Å². The summed E-state index contributed by atoms with van der Waals surface area (Å²) in [6.07, 6.45) is 3.89. The first-order chi connectivity index (χ1) is 8.41. The standard InChI is InChI=1S/C16H20Cl2/c1-9-7-15(17)13(11(9)3)5-6-14-12(4)10(2)8-16(14)18/h5-8H2,1-4H3. The Morgan fingerprint density at radius 3 is 1.28 bits per heavy atom. The Hall–Kier alpha value is -0.460. The molecule has 0 saturated heterocycles. The lowest BCUT2D eigenvalue weighted by atomic mass is 9.98. The summed E-state index contributed by atoms with van der Waals surface area (Å²) >= 11 is 12.7. The Labute approximate surface area is 120 Å². The Morgan fingerprint density at radius 1 is 0.722 bits per heavy atom. The largest absolute Gasteiger partial charge is 0.0885 e. The topological polar surface area (TPSA) is 0 Å². The van der Waals surface area contributed by atoms with Crippen molar-refractivity contribution in [2.75, 3.05) is 0 Å². The predicted octanol–water partition coefficient (Wildman–Crippen LogP) is 6.23. The molecule has 2 aliphatic rings. The van der Waals surface area contributed by atoms with Crippen molar-refractivity contribution in [1.82, 2.24) is 0 Å². The molecule has 0 fully saturated rings. The minimum atomic E-state index is 0.934. The van der Waals surface area contributed by atoms with E-state index < -0.39 is 0 Å². The van der Waals surface area contributed by atoms with Crippen LogP contribution in [0.3, 0.4) is 0 Å². The summed E-state index contributed by atoms with van der Waals surface area (Å²) in [5.74, 6) is 0. The lowest BCUT2D eigenvalue weighted by molar-refractivity contribution is 0.936.